The Bertz CT molecular complexity index is 530. The van der Waals surface area contributed by atoms with Crippen LogP contribution in [0.2, 0.25) is 0 Å². The molecule has 24 heavy (non-hydrogen) atoms. The Labute approximate surface area is 142 Å². The summed E-state index contributed by atoms with van der Waals surface area (Å²) in [4.78, 5) is 0. The standard InChI is InChI=1S/C13H20O7S.3H3N/c14-4-1-10-7-11(2-5-15)9-12(8-10)13(3-6-16)20-21(17,18)19;;;/h7-9,13-16H,1-6H2,(H,17,18,19);3*1H3. The summed E-state index contributed by atoms with van der Waals surface area (Å²) in [5.74, 6) is 0. The summed E-state index contributed by atoms with van der Waals surface area (Å²) in [7, 11) is -4.65. The Hall–Kier alpha value is -1.15. The van der Waals surface area contributed by atoms with Crippen LogP contribution in [0.1, 0.15) is 29.2 Å². The van der Waals surface area contributed by atoms with Crippen molar-refractivity contribution in [2.45, 2.75) is 25.4 Å². The van der Waals surface area contributed by atoms with Crippen molar-refractivity contribution in [2.75, 3.05) is 19.8 Å². The van der Waals surface area contributed by atoms with Gasteiger partial charge in [0.15, 0.2) is 0 Å². The Morgan fingerprint density at radius 3 is 1.67 bits per heavy atom. The Kier molecular flexibility index (Phi) is 15.2. The number of hydrogen-bond donors (Lipinski definition) is 7. The zero-order valence-electron chi connectivity index (χ0n) is 13.6. The lowest BCUT2D eigenvalue weighted by atomic mass is 9.98. The predicted octanol–water partition coefficient (Wildman–Crippen LogP) is 0.485. The molecule has 0 saturated carbocycles. The minimum atomic E-state index is -4.65. The Balaban J connectivity index is -0.00000147. The second kappa shape index (κ2) is 13.2. The Morgan fingerprint density at radius 2 is 1.33 bits per heavy atom. The molecule has 0 fully saturated rings. The summed E-state index contributed by atoms with van der Waals surface area (Å²) in [6.45, 7) is -0.475. The van der Waals surface area contributed by atoms with Crippen molar-refractivity contribution in [2.24, 2.45) is 0 Å². The van der Waals surface area contributed by atoms with Crippen molar-refractivity contribution in [3.63, 3.8) is 0 Å². The lowest BCUT2D eigenvalue weighted by molar-refractivity contribution is 0.144. The molecule has 1 rings (SSSR count). The van der Waals surface area contributed by atoms with Crippen LogP contribution < -0.4 is 18.5 Å². The van der Waals surface area contributed by atoms with E-state index in [-0.39, 0.29) is 44.7 Å². The molecule has 1 aromatic carbocycles. The summed E-state index contributed by atoms with van der Waals surface area (Å²) >= 11 is 0. The van der Waals surface area contributed by atoms with Crippen molar-refractivity contribution < 1.29 is 32.5 Å². The Morgan fingerprint density at radius 1 is 0.875 bits per heavy atom. The van der Waals surface area contributed by atoms with Crippen molar-refractivity contribution in [3.8, 4) is 0 Å². The van der Waals surface area contributed by atoms with Gasteiger partial charge in [0.25, 0.3) is 0 Å². The van der Waals surface area contributed by atoms with Crippen molar-refractivity contribution in [1.29, 1.82) is 0 Å². The summed E-state index contributed by atoms with van der Waals surface area (Å²) in [6.07, 6.45) is -0.310. The number of rotatable bonds is 9. The summed E-state index contributed by atoms with van der Waals surface area (Å²) in [5.41, 5.74) is 1.96. The molecule has 0 aliphatic heterocycles. The number of aliphatic hydroxyl groups is 3. The quantitative estimate of drug-likeness (QED) is 0.297. The molecule has 0 aromatic heterocycles. The van der Waals surface area contributed by atoms with Crippen LogP contribution in [-0.4, -0.2) is 48.1 Å². The van der Waals surface area contributed by atoms with Gasteiger partial charge < -0.3 is 33.8 Å². The molecule has 13 N–H and O–H groups in total. The van der Waals surface area contributed by atoms with Gasteiger partial charge in [-0.1, -0.05) is 18.2 Å². The van der Waals surface area contributed by atoms with E-state index in [1.165, 1.54) is 0 Å². The van der Waals surface area contributed by atoms with Crippen molar-refractivity contribution >= 4 is 10.4 Å². The average molecular weight is 371 g/mol. The van der Waals surface area contributed by atoms with Gasteiger partial charge in [0.2, 0.25) is 0 Å². The molecule has 0 bridgehead atoms. The van der Waals surface area contributed by atoms with Crippen LogP contribution in [-0.2, 0) is 27.4 Å². The molecule has 0 aliphatic carbocycles. The molecule has 0 radical (unpaired) electrons. The van der Waals surface area contributed by atoms with Gasteiger partial charge in [0, 0.05) is 26.2 Å². The smallest absolute Gasteiger partial charge is 0.396 e. The number of aliphatic hydroxyl groups excluding tert-OH is 3. The van der Waals surface area contributed by atoms with E-state index in [1.54, 1.807) is 18.2 Å². The highest BCUT2D eigenvalue weighted by Gasteiger charge is 2.20. The van der Waals surface area contributed by atoms with Gasteiger partial charge in [-0.05, 0) is 29.5 Å². The van der Waals surface area contributed by atoms with Gasteiger partial charge in [0.05, 0.1) is 0 Å². The maximum Gasteiger partial charge on any atom is 0.397 e. The van der Waals surface area contributed by atoms with Crippen LogP contribution in [0.25, 0.3) is 0 Å². The van der Waals surface area contributed by atoms with Gasteiger partial charge in [-0.2, -0.15) is 8.42 Å². The average Bonchev–Trinajstić information content (AvgIpc) is 2.37. The summed E-state index contributed by atoms with van der Waals surface area (Å²) in [6, 6.07) is 5.07. The molecular formula is C13H29N3O7S. The molecule has 0 spiro atoms. The fourth-order valence-electron chi connectivity index (χ4n) is 2.06. The first-order chi connectivity index (χ1) is 9.89. The number of benzene rings is 1. The largest absolute Gasteiger partial charge is 0.397 e. The predicted molar refractivity (Wildman–Crippen MR) is 90.2 cm³/mol. The third kappa shape index (κ3) is 9.87. The fourth-order valence-corrected chi connectivity index (χ4v) is 2.56. The lowest BCUT2D eigenvalue weighted by Crippen LogP contribution is -2.13. The van der Waals surface area contributed by atoms with E-state index in [0.717, 1.165) is 11.1 Å². The molecule has 1 atom stereocenters. The van der Waals surface area contributed by atoms with E-state index in [1.807, 2.05) is 0 Å². The van der Waals surface area contributed by atoms with Crippen LogP contribution in [0, 0.1) is 0 Å². The second-order valence-electron chi connectivity index (χ2n) is 4.55. The summed E-state index contributed by atoms with van der Waals surface area (Å²) < 4.78 is 35.1. The molecule has 0 saturated heterocycles. The highest BCUT2D eigenvalue weighted by molar-refractivity contribution is 7.80. The minimum Gasteiger partial charge on any atom is -0.396 e. The molecular weight excluding hydrogens is 342 g/mol. The fraction of sp³-hybridized carbons (Fsp3) is 0.538. The first kappa shape index (κ1) is 27.7. The zero-order valence-corrected chi connectivity index (χ0v) is 14.4. The van der Waals surface area contributed by atoms with Crippen LogP contribution in [0.15, 0.2) is 18.2 Å². The van der Waals surface area contributed by atoms with Crippen molar-refractivity contribution in [1.82, 2.24) is 18.5 Å². The van der Waals surface area contributed by atoms with E-state index in [0.29, 0.717) is 18.4 Å². The van der Waals surface area contributed by atoms with Crippen molar-refractivity contribution in [3.05, 3.63) is 34.9 Å². The first-order valence-electron chi connectivity index (χ1n) is 6.50. The molecule has 0 heterocycles. The lowest BCUT2D eigenvalue weighted by Gasteiger charge is -2.17. The molecule has 1 unspecified atom stereocenters. The van der Waals surface area contributed by atoms with Gasteiger partial charge in [-0.15, -0.1) is 0 Å². The van der Waals surface area contributed by atoms with E-state index >= 15 is 0 Å². The second-order valence-corrected chi connectivity index (χ2v) is 5.60. The van der Waals surface area contributed by atoms with Crippen LogP contribution >= 0.6 is 0 Å². The van der Waals surface area contributed by atoms with Gasteiger partial charge in [0.1, 0.15) is 6.10 Å². The maximum atomic E-state index is 10.9. The monoisotopic (exact) mass is 371 g/mol. The summed E-state index contributed by atoms with van der Waals surface area (Å²) in [5, 5.41) is 27.0. The first-order valence-corrected chi connectivity index (χ1v) is 7.87. The minimum absolute atomic E-state index is 0. The highest BCUT2D eigenvalue weighted by Crippen LogP contribution is 2.25. The topological polar surface area (TPSA) is 229 Å². The van der Waals surface area contributed by atoms with E-state index < -0.39 is 16.5 Å². The molecule has 0 amide bonds. The SMILES string of the molecule is N.N.N.O=S(=O)(O)OC(CCO)c1cc(CCO)cc(CCO)c1. The highest BCUT2D eigenvalue weighted by atomic mass is 32.3. The molecule has 10 nitrogen and oxygen atoms in total. The number of hydrogen-bond acceptors (Lipinski definition) is 9. The third-order valence-corrected chi connectivity index (χ3v) is 3.35. The molecule has 144 valence electrons. The van der Waals surface area contributed by atoms with Crippen LogP contribution in [0.3, 0.4) is 0 Å². The van der Waals surface area contributed by atoms with Crippen LogP contribution in [0.4, 0.5) is 0 Å². The van der Waals surface area contributed by atoms with E-state index in [2.05, 4.69) is 4.18 Å². The van der Waals surface area contributed by atoms with Gasteiger partial charge in [-0.25, -0.2) is 4.18 Å². The normalized spacial score (nSPS) is 11.7. The van der Waals surface area contributed by atoms with E-state index in [4.69, 9.17) is 19.9 Å². The molecule has 0 aliphatic rings. The van der Waals surface area contributed by atoms with E-state index in [9.17, 15) is 8.42 Å². The van der Waals surface area contributed by atoms with Gasteiger partial charge >= 0.3 is 10.4 Å². The zero-order chi connectivity index (χ0) is 15.9. The van der Waals surface area contributed by atoms with Gasteiger partial charge in [-0.3, -0.25) is 4.55 Å². The molecule has 1 aromatic rings. The molecule has 11 heteroatoms. The third-order valence-electron chi connectivity index (χ3n) is 2.88. The van der Waals surface area contributed by atoms with Crippen LogP contribution in [0.5, 0.6) is 0 Å². The maximum absolute atomic E-state index is 10.9.